The van der Waals surface area contributed by atoms with Crippen LogP contribution in [0.5, 0.6) is 0 Å². The Balaban J connectivity index is 1.95. The number of aromatic amines is 1. The average Bonchev–Trinajstić information content (AvgIpc) is 3.06. The van der Waals surface area contributed by atoms with Crippen LogP contribution in [0, 0.1) is 0 Å². The van der Waals surface area contributed by atoms with Crippen molar-refractivity contribution in [1.82, 2.24) is 24.9 Å². The number of fused-ring (bicyclic) bond motifs is 1. The van der Waals surface area contributed by atoms with Crippen LogP contribution in [0.15, 0.2) is 30.6 Å². The zero-order valence-corrected chi connectivity index (χ0v) is 12.4. The molecule has 6 heteroatoms. The van der Waals surface area contributed by atoms with E-state index in [-0.39, 0.29) is 0 Å². The SMILES string of the molecule is CN(CCN)Cc1cn[nH]c1-c1ccc2cnn(C)c2c1. The molecule has 0 atom stereocenters. The number of hydrogen-bond acceptors (Lipinski definition) is 4. The number of hydrogen-bond donors (Lipinski definition) is 2. The topological polar surface area (TPSA) is 75.8 Å². The van der Waals surface area contributed by atoms with Crippen LogP contribution < -0.4 is 5.73 Å². The minimum absolute atomic E-state index is 0.657. The van der Waals surface area contributed by atoms with E-state index >= 15 is 0 Å². The van der Waals surface area contributed by atoms with Gasteiger partial charge in [-0.1, -0.05) is 12.1 Å². The Kier molecular flexibility index (Phi) is 3.72. The number of rotatable bonds is 5. The molecule has 1 aromatic carbocycles. The van der Waals surface area contributed by atoms with Crippen molar-refractivity contribution in [3.63, 3.8) is 0 Å². The van der Waals surface area contributed by atoms with Crippen molar-refractivity contribution in [1.29, 1.82) is 0 Å². The fourth-order valence-electron chi connectivity index (χ4n) is 2.57. The molecular weight excluding hydrogens is 264 g/mol. The van der Waals surface area contributed by atoms with Crippen molar-refractivity contribution >= 4 is 10.9 Å². The molecule has 2 heterocycles. The average molecular weight is 284 g/mol. The van der Waals surface area contributed by atoms with Crippen LogP contribution >= 0.6 is 0 Å². The van der Waals surface area contributed by atoms with Crippen molar-refractivity contribution in [2.45, 2.75) is 6.54 Å². The first-order valence-electron chi connectivity index (χ1n) is 7.02. The molecular formula is C15H20N6. The summed E-state index contributed by atoms with van der Waals surface area (Å²) in [6, 6.07) is 6.33. The number of aromatic nitrogens is 4. The lowest BCUT2D eigenvalue weighted by Crippen LogP contribution is -2.25. The molecule has 0 aliphatic carbocycles. The smallest absolute Gasteiger partial charge is 0.0696 e. The summed E-state index contributed by atoms with van der Waals surface area (Å²) < 4.78 is 1.88. The molecule has 0 saturated carbocycles. The summed E-state index contributed by atoms with van der Waals surface area (Å²) in [4.78, 5) is 2.19. The van der Waals surface area contributed by atoms with Gasteiger partial charge in [0.2, 0.25) is 0 Å². The fraction of sp³-hybridized carbons (Fsp3) is 0.333. The normalized spacial score (nSPS) is 11.6. The van der Waals surface area contributed by atoms with Gasteiger partial charge in [0.05, 0.1) is 23.6 Å². The molecule has 110 valence electrons. The zero-order valence-electron chi connectivity index (χ0n) is 12.4. The highest BCUT2D eigenvalue weighted by Crippen LogP contribution is 2.25. The molecule has 0 saturated heterocycles. The summed E-state index contributed by atoms with van der Waals surface area (Å²) in [6.45, 7) is 2.35. The third-order valence-electron chi connectivity index (χ3n) is 3.71. The maximum atomic E-state index is 5.60. The van der Waals surface area contributed by atoms with Gasteiger partial charge in [0.25, 0.3) is 0 Å². The van der Waals surface area contributed by atoms with Crippen LogP contribution in [0.3, 0.4) is 0 Å². The van der Waals surface area contributed by atoms with Gasteiger partial charge in [0.1, 0.15) is 0 Å². The molecule has 0 fully saturated rings. The van der Waals surface area contributed by atoms with Gasteiger partial charge in [-0.2, -0.15) is 10.2 Å². The van der Waals surface area contributed by atoms with Crippen LogP contribution in [-0.4, -0.2) is 45.0 Å². The molecule has 21 heavy (non-hydrogen) atoms. The number of nitrogens with one attached hydrogen (secondary N) is 1. The van der Waals surface area contributed by atoms with Gasteiger partial charge < -0.3 is 10.6 Å². The molecule has 3 rings (SSSR count). The Hall–Kier alpha value is -2.18. The Morgan fingerprint density at radius 3 is 3.00 bits per heavy atom. The van der Waals surface area contributed by atoms with Crippen LogP contribution in [0.1, 0.15) is 5.56 Å². The molecule has 0 aliphatic heterocycles. The first-order chi connectivity index (χ1) is 10.2. The third kappa shape index (κ3) is 2.68. The largest absolute Gasteiger partial charge is 0.329 e. The van der Waals surface area contributed by atoms with Crippen molar-refractivity contribution in [2.75, 3.05) is 20.1 Å². The maximum Gasteiger partial charge on any atom is 0.0696 e. The Bertz CT molecular complexity index is 742. The van der Waals surface area contributed by atoms with Gasteiger partial charge in [-0.3, -0.25) is 9.78 Å². The van der Waals surface area contributed by atoms with Gasteiger partial charge in [-0.05, 0) is 13.1 Å². The van der Waals surface area contributed by atoms with Crippen LogP contribution in [0.2, 0.25) is 0 Å². The summed E-state index contributed by atoms with van der Waals surface area (Å²) in [5.74, 6) is 0. The molecule has 3 N–H and O–H groups in total. The van der Waals surface area contributed by atoms with Gasteiger partial charge >= 0.3 is 0 Å². The monoisotopic (exact) mass is 284 g/mol. The lowest BCUT2D eigenvalue weighted by atomic mass is 10.1. The van der Waals surface area contributed by atoms with Gasteiger partial charge in [0.15, 0.2) is 0 Å². The van der Waals surface area contributed by atoms with E-state index in [4.69, 9.17) is 5.73 Å². The number of nitrogens with zero attached hydrogens (tertiary/aromatic N) is 4. The Morgan fingerprint density at radius 1 is 1.33 bits per heavy atom. The highest BCUT2D eigenvalue weighted by atomic mass is 15.2. The quantitative estimate of drug-likeness (QED) is 0.741. The zero-order chi connectivity index (χ0) is 14.8. The van der Waals surface area contributed by atoms with Crippen LogP contribution in [0.25, 0.3) is 22.2 Å². The molecule has 2 aromatic heterocycles. The highest BCUT2D eigenvalue weighted by Gasteiger charge is 2.11. The number of H-pyrrole nitrogens is 1. The van der Waals surface area contributed by atoms with E-state index in [0.29, 0.717) is 6.54 Å². The van der Waals surface area contributed by atoms with E-state index < -0.39 is 0 Å². The number of likely N-dealkylation sites (N-methyl/N-ethyl adjacent to an activating group) is 1. The minimum atomic E-state index is 0.657. The number of benzene rings is 1. The van der Waals surface area contributed by atoms with E-state index in [0.717, 1.165) is 35.2 Å². The number of nitrogens with two attached hydrogens (primary N) is 1. The van der Waals surface area contributed by atoms with Gasteiger partial charge in [0, 0.05) is 43.2 Å². The number of aryl methyl sites for hydroxylation is 1. The summed E-state index contributed by atoms with van der Waals surface area (Å²) in [7, 11) is 4.02. The standard InChI is InChI=1S/C15H20N6/c1-20(6-5-16)10-13-8-17-19-15(13)11-3-4-12-9-18-21(2)14(12)7-11/h3-4,7-9H,5-6,10,16H2,1-2H3,(H,17,19). The fourth-order valence-corrected chi connectivity index (χ4v) is 2.57. The summed E-state index contributed by atoms with van der Waals surface area (Å²) in [5, 5.41) is 12.7. The van der Waals surface area contributed by atoms with E-state index in [9.17, 15) is 0 Å². The van der Waals surface area contributed by atoms with Crippen LogP contribution in [0.4, 0.5) is 0 Å². The Labute approximate surface area is 123 Å². The summed E-state index contributed by atoms with van der Waals surface area (Å²) >= 11 is 0. The van der Waals surface area contributed by atoms with Crippen LogP contribution in [-0.2, 0) is 13.6 Å². The third-order valence-corrected chi connectivity index (χ3v) is 3.71. The van der Waals surface area contributed by atoms with E-state index in [2.05, 4.69) is 45.4 Å². The van der Waals surface area contributed by atoms with E-state index in [1.807, 2.05) is 24.1 Å². The molecule has 0 spiro atoms. The second-order valence-electron chi connectivity index (χ2n) is 5.34. The van der Waals surface area contributed by atoms with Gasteiger partial charge in [-0.25, -0.2) is 0 Å². The lowest BCUT2D eigenvalue weighted by Gasteiger charge is -2.15. The highest BCUT2D eigenvalue weighted by molar-refractivity contribution is 5.84. The molecule has 0 unspecified atom stereocenters. The molecule has 0 amide bonds. The molecule has 6 nitrogen and oxygen atoms in total. The predicted octanol–water partition coefficient (Wildman–Crippen LogP) is 1.35. The Morgan fingerprint density at radius 2 is 2.19 bits per heavy atom. The first kappa shape index (κ1) is 13.8. The van der Waals surface area contributed by atoms with Crippen molar-refractivity contribution in [2.24, 2.45) is 12.8 Å². The molecule has 0 radical (unpaired) electrons. The van der Waals surface area contributed by atoms with Crippen molar-refractivity contribution < 1.29 is 0 Å². The predicted molar refractivity (Wildman–Crippen MR) is 83.7 cm³/mol. The maximum absolute atomic E-state index is 5.60. The molecule has 0 aliphatic rings. The molecule has 0 bridgehead atoms. The van der Waals surface area contributed by atoms with Crippen molar-refractivity contribution in [3.05, 3.63) is 36.2 Å². The second-order valence-corrected chi connectivity index (χ2v) is 5.34. The lowest BCUT2D eigenvalue weighted by molar-refractivity contribution is 0.337. The van der Waals surface area contributed by atoms with Crippen molar-refractivity contribution in [3.8, 4) is 11.3 Å². The summed E-state index contributed by atoms with van der Waals surface area (Å²) in [6.07, 6.45) is 3.76. The van der Waals surface area contributed by atoms with Gasteiger partial charge in [-0.15, -0.1) is 0 Å². The second kappa shape index (κ2) is 5.67. The minimum Gasteiger partial charge on any atom is -0.329 e. The summed E-state index contributed by atoms with van der Waals surface area (Å²) in [5.41, 5.74) is 10.1. The first-order valence-corrected chi connectivity index (χ1v) is 7.02. The molecule has 3 aromatic rings. The van der Waals surface area contributed by atoms with E-state index in [1.54, 1.807) is 0 Å². The van der Waals surface area contributed by atoms with E-state index in [1.165, 1.54) is 5.56 Å².